The highest BCUT2D eigenvalue weighted by atomic mass is 16.7. The van der Waals surface area contributed by atoms with E-state index in [0.717, 1.165) is 5.57 Å². The molecule has 0 radical (unpaired) electrons. The lowest BCUT2D eigenvalue weighted by Crippen LogP contribution is -2.42. The second-order valence-corrected chi connectivity index (χ2v) is 9.15. The first kappa shape index (κ1) is 27.0. The van der Waals surface area contributed by atoms with E-state index < -0.39 is 30.2 Å². The van der Waals surface area contributed by atoms with Crippen molar-refractivity contribution in [3.8, 4) is 11.8 Å². The highest BCUT2D eigenvalue weighted by Gasteiger charge is 2.44. The molecule has 2 aromatic rings. The Kier molecular flexibility index (Phi) is 8.77. The number of aliphatic hydroxyl groups excluding tert-OH is 3. The van der Waals surface area contributed by atoms with Crippen molar-refractivity contribution in [3.05, 3.63) is 46.6 Å². The zero-order valence-electron chi connectivity index (χ0n) is 20.6. The van der Waals surface area contributed by atoms with Gasteiger partial charge in [-0.3, -0.25) is 19.7 Å². The molecule has 2 heterocycles. The number of aromatic hydroxyl groups is 2. The number of furan rings is 1. The molecule has 2 aromatic heterocycles. The van der Waals surface area contributed by atoms with Gasteiger partial charge in [0.25, 0.3) is 0 Å². The number of aliphatic hydroxyl groups is 3. The number of nitrogens with zero attached hydrogens (tertiary/aromatic N) is 1. The molecule has 0 aromatic carbocycles. The minimum Gasteiger partial charge on any atom is -0.494 e. The van der Waals surface area contributed by atoms with E-state index in [1.54, 1.807) is 19.1 Å². The molecule has 6 N–H and O–H groups in total. The van der Waals surface area contributed by atoms with Gasteiger partial charge in [-0.1, -0.05) is 0 Å². The molecule has 4 atom stereocenters. The molecule has 0 fully saturated rings. The second kappa shape index (κ2) is 12.0. The lowest BCUT2D eigenvalue weighted by molar-refractivity contribution is -0.143. The van der Waals surface area contributed by atoms with Crippen molar-refractivity contribution in [1.82, 2.24) is 10.0 Å². The maximum Gasteiger partial charge on any atom is 0.307 e. The van der Waals surface area contributed by atoms with Gasteiger partial charge < -0.3 is 39.4 Å². The normalized spacial score (nSPS) is 21.9. The first-order valence-electron chi connectivity index (χ1n) is 12.3. The largest absolute Gasteiger partial charge is 0.494 e. The van der Waals surface area contributed by atoms with Crippen LogP contribution in [0.4, 0.5) is 0 Å². The number of rotatable bonds is 12. The summed E-state index contributed by atoms with van der Waals surface area (Å²) in [5.41, 5.74) is 4.84. The van der Waals surface area contributed by atoms with Crippen molar-refractivity contribution in [1.29, 1.82) is 0 Å². The van der Waals surface area contributed by atoms with Crippen molar-refractivity contribution >= 4 is 5.97 Å². The Morgan fingerprint density at radius 3 is 2.78 bits per heavy atom. The molecule has 0 saturated carbocycles. The average Bonchev–Trinajstić information content (AvgIpc) is 3.47. The lowest BCUT2D eigenvalue weighted by Gasteiger charge is -2.38. The van der Waals surface area contributed by atoms with Gasteiger partial charge in [0.2, 0.25) is 0 Å². The number of esters is 1. The Hall–Kier alpha value is -3.03. The van der Waals surface area contributed by atoms with Crippen LogP contribution in [0, 0.1) is 0 Å². The summed E-state index contributed by atoms with van der Waals surface area (Å²) in [5, 5.41) is 53.2. The Morgan fingerprint density at radius 2 is 2.05 bits per heavy atom. The predicted octanol–water partition coefficient (Wildman–Crippen LogP) is 0.954. The summed E-state index contributed by atoms with van der Waals surface area (Å²) in [6.07, 6.45) is -0.897. The molecule has 37 heavy (non-hydrogen) atoms. The number of ether oxygens (including phenoxy) is 2. The molecule has 2 aliphatic carbocycles. The molecule has 4 rings (SSSR count). The maximum atomic E-state index is 11.8. The summed E-state index contributed by atoms with van der Waals surface area (Å²) in [6, 6.07) is 3.51. The van der Waals surface area contributed by atoms with E-state index in [9.17, 15) is 30.3 Å². The zero-order valence-corrected chi connectivity index (χ0v) is 20.6. The summed E-state index contributed by atoms with van der Waals surface area (Å²) in [4.78, 5) is 17.2. The molecular weight excluding hydrogens is 488 g/mol. The van der Waals surface area contributed by atoms with Crippen LogP contribution < -0.4 is 5.48 Å². The summed E-state index contributed by atoms with van der Waals surface area (Å²) in [7, 11) is 0. The number of hydroxylamine groups is 1. The first-order valence-corrected chi connectivity index (χ1v) is 12.3. The third kappa shape index (κ3) is 5.94. The molecule has 12 nitrogen and oxygen atoms in total. The minimum absolute atomic E-state index is 0.00200. The van der Waals surface area contributed by atoms with Crippen LogP contribution in [-0.4, -0.2) is 74.2 Å². The molecule has 0 aliphatic heterocycles. The summed E-state index contributed by atoms with van der Waals surface area (Å²) >= 11 is 0. The monoisotopic (exact) mass is 522 g/mol. The average molecular weight is 523 g/mol. The number of nitrogens with one attached hydrogen (secondary N) is 1. The summed E-state index contributed by atoms with van der Waals surface area (Å²) < 4.78 is 16.7. The molecule has 0 spiro atoms. The fourth-order valence-electron chi connectivity index (χ4n) is 4.94. The predicted molar refractivity (Wildman–Crippen MR) is 127 cm³/mol. The van der Waals surface area contributed by atoms with Crippen LogP contribution >= 0.6 is 0 Å². The molecule has 0 bridgehead atoms. The smallest absolute Gasteiger partial charge is 0.307 e. The van der Waals surface area contributed by atoms with E-state index in [4.69, 9.17) is 18.7 Å². The van der Waals surface area contributed by atoms with Crippen molar-refractivity contribution in [3.63, 3.8) is 0 Å². The van der Waals surface area contributed by atoms with Gasteiger partial charge in [0.05, 0.1) is 38.1 Å². The molecule has 12 heteroatoms. The molecule has 0 saturated heterocycles. The fourth-order valence-corrected chi connectivity index (χ4v) is 4.94. The Balaban J connectivity index is 1.43. The van der Waals surface area contributed by atoms with Gasteiger partial charge in [-0.15, -0.1) is 0 Å². The molecule has 204 valence electrons. The first-order chi connectivity index (χ1) is 17.8. The van der Waals surface area contributed by atoms with Gasteiger partial charge in [-0.2, -0.15) is 0 Å². The van der Waals surface area contributed by atoms with Crippen LogP contribution in [-0.2, 0) is 38.7 Å². The number of fused-ring (bicyclic) bond motifs is 3. The van der Waals surface area contributed by atoms with Gasteiger partial charge in [0.15, 0.2) is 11.8 Å². The SMILES string of the molecule is CCOC(=O)CCn1c(O)c2c(c1O)[C@@H]1C(=C(NOC[C@@H](O)COCc3ccco3)C[C@@H](O)[C@H]1O)CC2. The summed E-state index contributed by atoms with van der Waals surface area (Å²) in [6.45, 7) is 2.07. The lowest BCUT2D eigenvalue weighted by atomic mass is 9.71. The Labute approximate surface area is 213 Å². The number of hydrogen-bond donors (Lipinski definition) is 6. The third-order valence-corrected chi connectivity index (χ3v) is 6.67. The molecule has 2 aliphatic rings. The van der Waals surface area contributed by atoms with Gasteiger partial charge in [-0.25, -0.2) is 0 Å². The van der Waals surface area contributed by atoms with E-state index in [2.05, 4.69) is 5.48 Å². The van der Waals surface area contributed by atoms with Crippen molar-refractivity contribution in [2.24, 2.45) is 0 Å². The summed E-state index contributed by atoms with van der Waals surface area (Å²) in [5.74, 6) is -1.04. The van der Waals surface area contributed by atoms with Gasteiger partial charge >= 0.3 is 5.97 Å². The molecular formula is C25H34N2O10. The highest BCUT2D eigenvalue weighted by molar-refractivity contribution is 5.69. The van der Waals surface area contributed by atoms with Crippen molar-refractivity contribution < 1.29 is 49.1 Å². The Morgan fingerprint density at radius 1 is 1.24 bits per heavy atom. The number of carbonyl (C=O) groups excluding carboxylic acids is 1. The van der Waals surface area contributed by atoms with Crippen molar-refractivity contribution in [2.45, 2.75) is 70.0 Å². The molecule has 0 unspecified atom stereocenters. The quantitative estimate of drug-likeness (QED) is 0.173. The van der Waals surface area contributed by atoms with Gasteiger partial charge in [-0.05, 0) is 37.5 Å². The fraction of sp³-hybridized carbons (Fsp3) is 0.560. The van der Waals surface area contributed by atoms with E-state index >= 15 is 0 Å². The van der Waals surface area contributed by atoms with Crippen LogP contribution in [0.15, 0.2) is 34.1 Å². The highest BCUT2D eigenvalue weighted by Crippen LogP contribution is 2.51. The van der Waals surface area contributed by atoms with Crippen LogP contribution in [0.25, 0.3) is 0 Å². The number of carbonyl (C=O) groups is 1. The number of hydrogen-bond acceptors (Lipinski definition) is 11. The van der Waals surface area contributed by atoms with Crippen LogP contribution in [0.2, 0.25) is 0 Å². The number of aromatic nitrogens is 1. The van der Waals surface area contributed by atoms with Crippen molar-refractivity contribution in [2.75, 3.05) is 19.8 Å². The zero-order chi connectivity index (χ0) is 26.5. The van der Waals surface area contributed by atoms with Gasteiger partial charge in [0.1, 0.15) is 25.1 Å². The second-order valence-electron chi connectivity index (χ2n) is 9.15. The van der Waals surface area contributed by atoms with Gasteiger partial charge in [0, 0.05) is 35.7 Å². The van der Waals surface area contributed by atoms with E-state index in [1.807, 2.05) is 0 Å². The standard InChI is InChI=1S/C25H34N2O10/c1-2-35-20(30)7-8-27-24(32)17-6-5-16-18(10-19(29)23(31)21(16)22(17)25(27)33)26-37-12-14(28)11-34-13-15-4-3-9-36-15/h3-4,9,14,19,21,23,26,28-29,31-33H,2,5-8,10-13H2,1H3/t14-,19+,21-,23+/m0/s1. The Bertz CT molecular complexity index is 1090. The van der Waals surface area contributed by atoms with E-state index in [1.165, 1.54) is 10.8 Å². The molecule has 0 amide bonds. The van der Waals surface area contributed by atoms with Crippen LogP contribution in [0.1, 0.15) is 49.0 Å². The van der Waals surface area contributed by atoms with Crippen LogP contribution in [0.3, 0.4) is 0 Å². The van der Waals surface area contributed by atoms with E-state index in [-0.39, 0.29) is 57.6 Å². The maximum absolute atomic E-state index is 11.8. The third-order valence-electron chi connectivity index (χ3n) is 6.67. The van der Waals surface area contributed by atoms with Crippen LogP contribution in [0.5, 0.6) is 11.8 Å². The minimum atomic E-state index is -1.22. The van der Waals surface area contributed by atoms with E-state index in [0.29, 0.717) is 35.4 Å². The topological polar surface area (TPSA) is 176 Å².